The molecular formula is C27H35ClN2O3. The number of nitrogens with one attached hydrogen (secondary N) is 1. The summed E-state index contributed by atoms with van der Waals surface area (Å²) in [6, 6.07) is 14.5. The number of halogens is 1. The van der Waals surface area contributed by atoms with Crippen molar-refractivity contribution in [3.05, 3.63) is 71.3 Å². The van der Waals surface area contributed by atoms with Crippen LogP contribution in [-0.4, -0.2) is 25.3 Å². The van der Waals surface area contributed by atoms with Crippen LogP contribution in [0.15, 0.2) is 65.2 Å². The monoisotopic (exact) mass is 470 g/mol. The summed E-state index contributed by atoms with van der Waals surface area (Å²) in [4.78, 5) is 12.3. The van der Waals surface area contributed by atoms with Crippen LogP contribution in [0.1, 0.15) is 74.2 Å². The van der Waals surface area contributed by atoms with E-state index in [0.717, 1.165) is 23.5 Å². The van der Waals surface area contributed by atoms with Crippen LogP contribution in [0.4, 0.5) is 0 Å². The molecule has 0 heterocycles. The van der Waals surface area contributed by atoms with Gasteiger partial charge in [-0.05, 0) is 66.6 Å². The van der Waals surface area contributed by atoms with Gasteiger partial charge < -0.3 is 9.47 Å². The molecule has 0 atom stereocenters. The van der Waals surface area contributed by atoms with E-state index in [9.17, 15) is 4.79 Å². The summed E-state index contributed by atoms with van der Waals surface area (Å²) in [5.74, 6) is 1.24. The van der Waals surface area contributed by atoms with Crippen LogP contribution < -0.4 is 14.9 Å². The van der Waals surface area contributed by atoms with Crippen LogP contribution in [0.2, 0.25) is 0 Å². The molecule has 0 spiro atoms. The lowest BCUT2D eigenvalue weighted by Crippen LogP contribution is -2.17. The summed E-state index contributed by atoms with van der Waals surface area (Å²) in [5, 5.41) is 4.02. The highest BCUT2D eigenvalue weighted by atomic mass is 35.5. The minimum atomic E-state index is -0.270. The van der Waals surface area contributed by atoms with Crippen molar-refractivity contribution < 1.29 is 14.3 Å². The van der Waals surface area contributed by atoms with Crippen LogP contribution >= 0.6 is 11.6 Å². The highest BCUT2D eigenvalue weighted by Gasteiger charge is 2.04. The highest BCUT2D eigenvalue weighted by molar-refractivity contribution is 6.25. The summed E-state index contributed by atoms with van der Waals surface area (Å²) < 4.78 is 11.3. The summed E-state index contributed by atoms with van der Waals surface area (Å²) in [6.45, 7) is 3.36. The van der Waals surface area contributed by atoms with Gasteiger partial charge >= 0.3 is 0 Å². The Morgan fingerprint density at radius 2 is 1.48 bits per heavy atom. The first kappa shape index (κ1) is 26.5. The molecule has 0 bridgehead atoms. The first-order chi connectivity index (χ1) is 16.2. The van der Waals surface area contributed by atoms with E-state index in [1.807, 2.05) is 36.4 Å². The second-order valence-electron chi connectivity index (χ2n) is 7.79. The number of carbonyl (C=O) groups is 1. The van der Waals surface area contributed by atoms with Gasteiger partial charge in [-0.2, -0.15) is 5.10 Å². The number of ether oxygens (including phenoxy) is 2. The fourth-order valence-corrected chi connectivity index (χ4v) is 3.26. The molecule has 2 rings (SSSR count). The lowest BCUT2D eigenvalue weighted by molar-refractivity contribution is 0.0955. The van der Waals surface area contributed by atoms with Gasteiger partial charge in [0.25, 0.3) is 5.91 Å². The Hall–Kier alpha value is -2.79. The largest absolute Gasteiger partial charge is 0.494 e. The zero-order chi connectivity index (χ0) is 23.6. The predicted octanol–water partition coefficient (Wildman–Crippen LogP) is 7.10. The molecule has 6 heteroatoms. The number of carbonyl (C=O) groups excluding carboxylic acids is 1. The van der Waals surface area contributed by atoms with Crippen molar-refractivity contribution in [2.24, 2.45) is 5.10 Å². The van der Waals surface area contributed by atoms with E-state index >= 15 is 0 Å². The summed E-state index contributed by atoms with van der Waals surface area (Å²) in [5.41, 5.74) is 5.34. The zero-order valence-corrected chi connectivity index (χ0v) is 20.2. The zero-order valence-electron chi connectivity index (χ0n) is 19.5. The van der Waals surface area contributed by atoms with Crippen molar-refractivity contribution in [3.63, 3.8) is 0 Å². The molecule has 1 amide bonds. The average molecular weight is 471 g/mol. The third kappa shape index (κ3) is 11.6. The van der Waals surface area contributed by atoms with Crippen LogP contribution in [0.25, 0.3) is 0 Å². The predicted molar refractivity (Wildman–Crippen MR) is 137 cm³/mol. The third-order valence-electron chi connectivity index (χ3n) is 5.08. The smallest absolute Gasteiger partial charge is 0.271 e. The van der Waals surface area contributed by atoms with Crippen molar-refractivity contribution in [1.82, 2.24) is 5.43 Å². The molecule has 5 nitrogen and oxygen atoms in total. The molecule has 0 aromatic heterocycles. The number of nitrogens with zero attached hydrogens (tertiary/aromatic N) is 1. The van der Waals surface area contributed by atoms with Crippen LogP contribution in [0, 0.1) is 0 Å². The highest BCUT2D eigenvalue weighted by Crippen LogP contribution is 2.14. The molecule has 178 valence electrons. The number of rotatable bonds is 16. The van der Waals surface area contributed by atoms with Crippen molar-refractivity contribution in [3.8, 4) is 11.5 Å². The number of unbranched alkanes of at least 4 members (excludes halogenated alkanes) is 7. The quantitative estimate of drug-likeness (QED) is 0.162. The summed E-state index contributed by atoms with van der Waals surface area (Å²) in [7, 11) is 0. The van der Waals surface area contributed by atoms with E-state index in [-0.39, 0.29) is 5.91 Å². The Labute approximate surface area is 202 Å². The summed E-state index contributed by atoms with van der Waals surface area (Å²) >= 11 is 5.46. The standard InChI is InChI=1S/C27H35ClN2O3/c1-2-3-4-5-6-7-8-9-20-32-26-17-13-24(14-18-26)27(31)30-29-22-23-11-15-25(16-12-23)33-21-10-19-28/h10-19,22H,2-9,20-21H2,1H3,(H,30,31)/b19-10+,29-22+. The Morgan fingerprint density at radius 1 is 0.879 bits per heavy atom. The first-order valence-corrected chi connectivity index (χ1v) is 12.2. The van der Waals surface area contributed by atoms with E-state index in [1.54, 1.807) is 24.4 Å². The molecule has 0 aliphatic rings. The topological polar surface area (TPSA) is 59.9 Å². The SMILES string of the molecule is CCCCCCCCCCOc1ccc(C(=O)N/N=C/c2ccc(OC/C=C/Cl)cc2)cc1. The van der Waals surface area contributed by atoms with Gasteiger partial charge in [0.05, 0.1) is 12.8 Å². The van der Waals surface area contributed by atoms with Gasteiger partial charge in [0, 0.05) is 11.1 Å². The van der Waals surface area contributed by atoms with E-state index in [2.05, 4.69) is 17.5 Å². The number of benzene rings is 2. The minimum absolute atomic E-state index is 0.270. The van der Waals surface area contributed by atoms with Crippen molar-refractivity contribution in [2.75, 3.05) is 13.2 Å². The molecule has 2 aromatic carbocycles. The molecule has 0 radical (unpaired) electrons. The Balaban J connectivity index is 1.65. The van der Waals surface area contributed by atoms with E-state index in [1.165, 1.54) is 50.5 Å². The fraction of sp³-hybridized carbons (Fsp3) is 0.407. The second kappa shape index (κ2) is 16.8. The third-order valence-corrected chi connectivity index (χ3v) is 5.26. The van der Waals surface area contributed by atoms with Gasteiger partial charge in [0.1, 0.15) is 18.1 Å². The van der Waals surface area contributed by atoms with Gasteiger partial charge in [0.15, 0.2) is 0 Å². The second-order valence-corrected chi connectivity index (χ2v) is 8.04. The molecule has 0 saturated heterocycles. The van der Waals surface area contributed by atoms with Crippen molar-refractivity contribution in [1.29, 1.82) is 0 Å². The molecule has 0 aliphatic heterocycles. The van der Waals surface area contributed by atoms with Crippen molar-refractivity contribution >= 4 is 23.7 Å². The van der Waals surface area contributed by atoms with Gasteiger partial charge in [0.2, 0.25) is 0 Å². The minimum Gasteiger partial charge on any atom is -0.494 e. The molecule has 0 saturated carbocycles. The first-order valence-electron chi connectivity index (χ1n) is 11.8. The molecule has 0 fully saturated rings. The van der Waals surface area contributed by atoms with Crippen LogP contribution in [-0.2, 0) is 0 Å². The number of hydrazone groups is 1. The van der Waals surface area contributed by atoms with Crippen molar-refractivity contribution in [2.45, 2.75) is 58.3 Å². The Morgan fingerprint density at radius 3 is 2.15 bits per heavy atom. The maximum Gasteiger partial charge on any atom is 0.271 e. The van der Waals surface area contributed by atoms with Gasteiger partial charge in [-0.25, -0.2) is 5.43 Å². The van der Waals surface area contributed by atoms with E-state index in [4.69, 9.17) is 21.1 Å². The molecule has 2 aromatic rings. The fourth-order valence-electron chi connectivity index (χ4n) is 3.19. The lowest BCUT2D eigenvalue weighted by Gasteiger charge is -2.07. The molecule has 0 unspecified atom stereocenters. The van der Waals surface area contributed by atoms with E-state index in [0.29, 0.717) is 18.8 Å². The Kier molecular flexibility index (Phi) is 13.5. The maximum atomic E-state index is 12.3. The van der Waals surface area contributed by atoms with Crippen LogP contribution in [0.5, 0.6) is 11.5 Å². The molecule has 1 N–H and O–H groups in total. The maximum absolute atomic E-state index is 12.3. The average Bonchev–Trinajstić information content (AvgIpc) is 2.84. The lowest BCUT2D eigenvalue weighted by atomic mass is 10.1. The summed E-state index contributed by atoms with van der Waals surface area (Å²) in [6.07, 6.45) is 13.5. The van der Waals surface area contributed by atoms with Gasteiger partial charge in [-0.15, -0.1) is 0 Å². The number of hydrogen-bond donors (Lipinski definition) is 1. The number of amides is 1. The van der Waals surface area contributed by atoms with Crippen LogP contribution in [0.3, 0.4) is 0 Å². The van der Waals surface area contributed by atoms with E-state index < -0.39 is 0 Å². The van der Waals surface area contributed by atoms with Gasteiger partial charge in [-0.1, -0.05) is 63.5 Å². The Bertz CT molecular complexity index is 849. The normalized spacial score (nSPS) is 11.2. The van der Waals surface area contributed by atoms with Gasteiger partial charge in [-0.3, -0.25) is 4.79 Å². The molecule has 0 aliphatic carbocycles. The molecular weight excluding hydrogens is 436 g/mol. The number of hydrogen-bond acceptors (Lipinski definition) is 4. The molecule has 33 heavy (non-hydrogen) atoms.